The molecule has 0 amide bonds. The second-order valence-corrected chi connectivity index (χ2v) is 5.72. The summed E-state index contributed by atoms with van der Waals surface area (Å²) >= 11 is 1.52. The van der Waals surface area contributed by atoms with Crippen LogP contribution < -0.4 is 4.74 Å². The second-order valence-electron chi connectivity index (χ2n) is 4.46. The smallest absolute Gasteiger partial charge is 0.224 e. The molecule has 0 saturated heterocycles. The van der Waals surface area contributed by atoms with E-state index in [1.54, 1.807) is 18.0 Å². The van der Waals surface area contributed by atoms with Gasteiger partial charge in [0, 0.05) is 11.4 Å². The molecule has 2 aromatic heterocycles. The lowest BCUT2D eigenvalue weighted by Crippen LogP contribution is -2.11. The van der Waals surface area contributed by atoms with Crippen LogP contribution in [0.5, 0.6) is 5.75 Å². The number of nitrogens with zero attached hydrogens (tertiary/aromatic N) is 2. The van der Waals surface area contributed by atoms with Gasteiger partial charge >= 0.3 is 0 Å². The Kier molecular flexibility index (Phi) is 4.04. The van der Waals surface area contributed by atoms with Gasteiger partial charge in [-0.3, -0.25) is 9.48 Å². The zero-order chi connectivity index (χ0) is 14.0. The number of rotatable bonds is 5. The first-order valence-corrected chi connectivity index (χ1v) is 7.11. The Bertz CT molecular complexity index is 579. The van der Waals surface area contributed by atoms with Crippen molar-refractivity contribution in [2.24, 2.45) is 0 Å². The number of hydrogen-bond donors (Lipinski definition) is 0. The molecule has 0 fully saturated rings. The molecule has 0 aliphatic rings. The van der Waals surface area contributed by atoms with E-state index < -0.39 is 0 Å². The van der Waals surface area contributed by atoms with E-state index in [0.29, 0.717) is 18.0 Å². The number of ether oxygens (including phenoxy) is 1. The summed E-state index contributed by atoms with van der Waals surface area (Å²) in [6, 6.07) is 1.94. The first kappa shape index (κ1) is 13.8. The molecule has 2 heterocycles. The van der Waals surface area contributed by atoms with Gasteiger partial charge in [-0.25, -0.2) is 0 Å². The summed E-state index contributed by atoms with van der Waals surface area (Å²) in [5.41, 5.74) is 1.69. The van der Waals surface area contributed by atoms with Gasteiger partial charge in [0.2, 0.25) is 5.78 Å². The van der Waals surface area contributed by atoms with Crippen LogP contribution in [0.1, 0.15) is 39.2 Å². The number of thiophene rings is 1. The summed E-state index contributed by atoms with van der Waals surface area (Å²) in [5, 5.41) is 4.23. The minimum absolute atomic E-state index is 0.0102. The van der Waals surface area contributed by atoms with Crippen LogP contribution in [0.2, 0.25) is 0 Å². The van der Waals surface area contributed by atoms with E-state index in [9.17, 15) is 4.79 Å². The highest BCUT2D eigenvalue weighted by Crippen LogP contribution is 2.27. The molecular formula is C14H18N2O2S. The van der Waals surface area contributed by atoms with Gasteiger partial charge in [-0.15, -0.1) is 11.3 Å². The van der Waals surface area contributed by atoms with Crippen molar-refractivity contribution in [2.45, 2.75) is 33.7 Å². The number of aromatic nitrogens is 2. The van der Waals surface area contributed by atoms with Crippen molar-refractivity contribution >= 4 is 17.1 Å². The lowest BCUT2D eigenvalue weighted by Gasteiger charge is -2.06. The summed E-state index contributed by atoms with van der Waals surface area (Å²) in [4.78, 5) is 14.5. The van der Waals surface area contributed by atoms with Crippen LogP contribution in [0, 0.1) is 13.8 Å². The van der Waals surface area contributed by atoms with Crippen LogP contribution in [0.15, 0.2) is 12.3 Å². The van der Waals surface area contributed by atoms with Crippen molar-refractivity contribution in [1.29, 1.82) is 0 Å². The number of carbonyl (C=O) groups excluding carboxylic acids is 1. The van der Waals surface area contributed by atoms with Gasteiger partial charge in [0.15, 0.2) is 11.4 Å². The molecule has 4 nitrogen and oxygen atoms in total. The predicted octanol–water partition coefficient (Wildman–Crippen LogP) is 3.21. The average molecular weight is 278 g/mol. The molecule has 0 saturated carbocycles. The monoisotopic (exact) mass is 278 g/mol. The van der Waals surface area contributed by atoms with Crippen molar-refractivity contribution < 1.29 is 9.53 Å². The molecule has 2 rings (SSSR count). The number of carbonyl (C=O) groups is 1. The third-order valence-corrected chi connectivity index (χ3v) is 4.22. The van der Waals surface area contributed by atoms with Crippen LogP contribution >= 0.6 is 11.3 Å². The molecule has 5 heteroatoms. The number of methoxy groups -OCH3 is 1. The van der Waals surface area contributed by atoms with E-state index in [4.69, 9.17) is 4.74 Å². The maximum absolute atomic E-state index is 12.6. The molecule has 0 radical (unpaired) electrons. The first-order chi connectivity index (χ1) is 9.08. The van der Waals surface area contributed by atoms with E-state index in [1.165, 1.54) is 16.2 Å². The Balaban J connectivity index is 2.44. The van der Waals surface area contributed by atoms with Gasteiger partial charge in [-0.1, -0.05) is 6.92 Å². The van der Waals surface area contributed by atoms with E-state index >= 15 is 0 Å². The zero-order valence-corrected chi connectivity index (χ0v) is 12.5. The van der Waals surface area contributed by atoms with Crippen molar-refractivity contribution in [3.63, 3.8) is 0 Å². The molecular weight excluding hydrogens is 260 g/mol. The Morgan fingerprint density at radius 1 is 1.47 bits per heavy atom. The Morgan fingerprint density at radius 3 is 2.74 bits per heavy atom. The van der Waals surface area contributed by atoms with Crippen molar-refractivity contribution in [1.82, 2.24) is 9.78 Å². The molecule has 19 heavy (non-hydrogen) atoms. The lowest BCUT2D eigenvalue weighted by atomic mass is 10.2. The highest BCUT2D eigenvalue weighted by atomic mass is 32.1. The molecule has 0 bridgehead atoms. The molecule has 0 atom stereocenters. The van der Waals surface area contributed by atoms with Crippen LogP contribution in [0.25, 0.3) is 0 Å². The number of aryl methyl sites for hydroxylation is 3. The molecule has 102 valence electrons. The van der Waals surface area contributed by atoms with Gasteiger partial charge in [0.25, 0.3) is 0 Å². The number of hydrogen-bond acceptors (Lipinski definition) is 4. The Morgan fingerprint density at radius 2 is 2.21 bits per heavy atom. The molecule has 0 aliphatic heterocycles. The normalized spacial score (nSPS) is 10.7. The maximum atomic E-state index is 12.6. The van der Waals surface area contributed by atoms with E-state index in [1.807, 2.05) is 19.9 Å². The third kappa shape index (κ3) is 2.56. The second kappa shape index (κ2) is 5.57. The largest absolute Gasteiger partial charge is 0.493 e. The molecule has 0 aliphatic carbocycles. The minimum atomic E-state index is -0.0102. The average Bonchev–Trinajstić information content (AvgIpc) is 2.94. The fraction of sp³-hybridized carbons (Fsp3) is 0.429. The highest BCUT2D eigenvalue weighted by Gasteiger charge is 2.22. The molecule has 0 N–H and O–H groups in total. The van der Waals surface area contributed by atoms with Crippen molar-refractivity contribution in [3.05, 3.63) is 33.3 Å². The molecule has 2 aromatic rings. The summed E-state index contributed by atoms with van der Waals surface area (Å²) in [5.74, 6) is 0.533. The van der Waals surface area contributed by atoms with Crippen LogP contribution in [-0.4, -0.2) is 22.7 Å². The number of ketones is 1. The van der Waals surface area contributed by atoms with Gasteiger partial charge in [-0.05, 0) is 31.9 Å². The molecule has 0 aromatic carbocycles. The fourth-order valence-electron chi connectivity index (χ4n) is 1.93. The zero-order valence-electron chi connectivity index (χ0n) is 11.7. The Labute approximate surface area is 117 Å². The topological polar surface area (TPSA) is 44.1 Å². The van der Waals surface area contributed by atoms with Crippen molar-refractivity contribution in [3.8, 4) is 5.75 Å². The fourth-order valence-corrected chi connectivity index (χ4v) is 2.90. The van der Waals surface area contributed by atoms with E-state index in [0.717, 1.165) is 16.9 Å². The molecule has 0 unspecified atom stereocenters. The van der Waals surface area contributed by atoms with Gasteiger partial charge in [-0.2, -0.15) is 5.10 Å². The predicted molar refractivity (Wildman–Crippen MR) is 76.3 cm³/mol. The van der Waals surface area contributed by atoms with Crippen LogP contribution in [0.3, 0.4) is 0 Å². The summed E-state index contributed by atoms with van der Waals surface area (Å²) in [6.45, 7) is 6.82. The third-order valence-electron chi connectivity index (χ3n) is 3.07. The Hall–Kier alpha value is -1.62. The SMILES string of the molecule is CCCn1ncc(OC)c1C(=O)c1cc(C)c(C)s1. The van der Waals surface area contributed by atoms with E-state index in [2.05, 4.69) is 12.0 Å². The van der Waals surface area contributed by atoms with Crippen LogP contribution in [0.4, 0.5) is 0 Å². The first-order valence-electron chi connectivity index (χ1n) is 6.30. The summed E-state index contributed by atoms with van der Waals surface area (Å²) < 4.78 is 6.98. The lowest BCUT2D eigenvalue weighted by molar-refractivity contribution is 0.102. The quantitative estimate of drug-likeness (QED) is 0.789. The van der Waals surface area contributed by atoms with Crippen molar-refractivity contribution in [2.75, 3.05) is 7.11 Å². The standard InChI is InChI=1S/C14H18N2O2S/c1-5-6-16-13(11(18-4)8-15-16)14(17)12-7-9(2)10(3)19-12/h7-8H,5-6H2,1-4H3. The summed E-state index contributed by atoms with van der Waals surface area (Å²) in [7, 11) is 1.56. The summed E-state index contributed by atoms with van der Waals surface area (Å²) in [6.07, 6.45) is 2.53. The maximum Gasteiger partial charge on any atom is 0.224 e. The van der Waals surface area contributed by atoms with Gasteiger partial charge in [0.1, 0.15) is 0 Å². The highest BCUT2D eigenvalue weighted by molar-refractivity contribution is 7.14. The van der Waals surface area contributed by atoms with E-state index in [-0.39, 0.29) is 5.78 Å². The van der Waals surface area contributed by atoms with Gasteiger partial charge < -0.3 is 4.74 Å². The molecule has 0 spiro atoms. The van der Waals surface area contributed by atoms with Crippen LogP contribution in [-0.2, 0) is 6.54 Å². The minimum Gasteiger partial charge on any atom is -0.493 e. The van der Waals surface area contributed by atoms with Gasteiger partial charge in [0.05, 0.1) is 18.2 Å².